The highest BCUT2D eigenvalue weighted by Gasteiger charge is 2.28. The molecule has 0 aromatic heterocycles. The van der Waals surface area contributed by atoms with Crippen molar-refractivity contribution >= 4 is 22.0 Å². The largest absolute Gasteiger partial charge is 0.454 e. The van der Waals surface area contributed by atoms with Crippen LogP contribution in [0.25, 0.3) is 6.08 Å². The van der Waals surface area contributed by atoms with E-state index in [1.807, 2.05) is 36.4 Å². The van der Waals surface area contributed by atoms with Gasteiger partial charge in [0.05, 0.1) is 5.75 Å². The molecule has 0 radical (unpaired) electrons. The van der Waals surface area contributed by atoms with Gasteiger partial charge in [-0.25, -0.2) is 8.42 Å². The predicted octanol–water partition coefficient (Wildman–Crippen LogP) is 2.10. The lowest BCUT2D eigenvalue weighted by Crippen LogP contribution is -2.50. The van der Waals surface area contributed by atoms with E-state index in [1.165, 1.54) is 10.4 Å². The Bertz CT molecular complexity index is 1010. The van der Waals surface area contributed by atoms with Gasteiger partial charge < -0.3 is 14.4 Å². The molecule has 152 valence electrons. The van der Waals surface area contributed by atoms with Crippen LogP contribution in [-0.2, 0) is 20.6 Å². The number of carbonyl (C=O) groups excluding carboxylic acids is 1. The summed E-state index contributed by atoms with van der Waals surface area (Å²) >= 11 is 0. The van der Waals surface area contributed by atoms with Crippen LogP contribution in [0.5, 0.6) is 11.5 Å². The first kappa shape index (κ1) is 19.5. The van der Waals surface area contributed by atoms with E-state index in [-0.39, 0.29) is 18.5 Å². The minimum Gasteiger partial charge on any atom is -0.454 e. The molecule has 8 heteroatoms. The Morgan fingerprint density at radius 3 is 2.45 bits per heavy atom. The Morgan fingerprint density at radius 2 is 1.69 bits per heavy atom. The van der Waals surface area contributed by atoms with E-state index >= 15 is 0 Å². The Morgan fingerprint density at radius 1 is 0.966 bits per heavy atom. The van der Waals surface area contributed by atoms with Crippen molar-refractivity contribution in [3.8, 4) is 11.5 Å². The van der Waals surface area contributed by atoms with Crippen LogP contribution < -0.4 is 9.47 Å². The molecule has 0 N–H and O–H groups in total. The lowest BCUT2D eigenvalue weighted by molar-refractivity contribution is -0.127. The van der Waals surface area contributed by atoms with Crippen LogP contribution in [-0.4, -0.2) is 56.5 Å². The molecule has 2 aromatic carbocycles. The van der Waals surface area contributed by atoms with Crippen molar-refractivity contribution in [3.63, 3.8) is 0 Å². The van der Waals surface area contributed by atoms with E-state index in [1.54, 1.807) is 23.1 Å². The Balaban J connectivity index is 1.32. The van der Waals surface area contributed by atoms with Crippen LogP contribution in [0.1, 0.15) is 11.1 Å². The number of amides is 1. The second kappa shape index (κ2) is 8.26. The second-order valence-corrected chi connectivity index (χ2v) is 8.88. The number of nitrogens with zero attached hydrogens (tertiary/aromatic N) is 2. The van der Waals surface area contributed by atoms with Gasteiger partial charge in [-0.05, 0) is 29.3 Å². The zero-order valence-electron chi connectivity index (χ0n) is 15.9. The zero-order valence-corrected chi connectivity index (χ0v) is 16.7. The first-order chi connectivity index (χ1) is 14.0. The molecule has 7 nitrogen and oxygen atoms in total. The number of hydrogen-bond donors (Lipinski definition) is 0. The van der Waals surface area contributed by atoms with E-state index < -0.39 is 10.0 Å². The average molecular weight is 414 g/mol. The molecule has 1 saturated heterocycles. The third-order valence-electron chi connectivity index (χ3n) is 4.95. The number of piperazine rings is 1. The number of rotatable bonds is 5. The molecule has 1 amide bonds. The highest BCUT2D eigenvalue weighted by molar-refractivity contribution is 7.88. The van der Waals surface area contributed by atoms with Gasteiger partial charge in [0, 0.05) is 32.3 Å². The van der Waals surface area contributed by atoms with E-state index in [0.717, 1.165) is 11.1 Å². The molecule has 0 unspecified atom stereocenters. The molecule has 2 heterocycles. The van der Waals surface area contributed by atoms with Gasteiger partial charge in [-0.15, -0.1) is 0 Å². The predicted molar refractivity (Wildman–Crippen MR) is 109 cm³/mol. The van der Waals surface area contributed by atoms with Crippen LogP contribution in [0.2, 0.25) is 0 Å². The maximum absolute atomic E-state index is 12.6. The molecule has 2 aliphatic rings. The molecule has 4 rings (SSSR count). The van der Waals surface area contributed by atoms with Crippen LogP contribution in [0.3, 0.4) is 0 Å². The van der Waals surface area contributed by atoms with Crippen molar-refractivity contribution in [1.82, 2.24) is 9.21 Å². The van der Waals surface area contributed by atoms with Gasteiger partial charge in [-0.1, -0.05) is 36.4 Å². The van der Waals surface area contributed by atoms with Crippen molar-refractivity contribution in [2.75, 3.05) is 33.0 Å². The van der Waals surface area contributed by atoms with Gasteiger partial charge in [0.25, 0.3) is 0 Å². The Kier molecular flexibility index (Phi) is 5.55. The molecule has 29 heavy (non-hydrogen) atoms. The fourth-order valence-corrected chi connectivity index (χ4v) is 4.87. The number of ether oxygens (including phenoxy) is 2. The summed E-state index contributed by atoms with van der Waals surface area (Å²) in [6.07, 6.45) is 3.23. The summed E-state index contributed by atoms with van der Waals surface area (Å²) in [4.78, 5) is 14.1. The van der Waals surface area contributed by atoms with E-state index in [2.05, 4.69) is 0 Å². The topological polar surface area (TPSA) is 76.2 Å². The number of carbonyl (C=O) groups is 1. The van der Waals surface area contributed by atoms with E-state index in [0.29, 0.717) is 37.7 Å². The normalized spacial score (nSPS) is 17.0. The smallest absolute Gasteiger partial charge is 0.246 e. The summed E-state index contributed by atoms with van der Waals surface area (Å²) in [5.41, 5.74) is 1.60. The van der Waals surface area contributed by atoms with Crippen LogP contribution in [0, 0.1) is 0 Å². The molecular weight excluding hydrogens is 392 g/mol. The average Bonchev–Trinajstić information content (AvgIpc) is 3.20. The van der Waals surface area contributed by atoms with E-state index in [4.69, 9.17) is 9.47 Å². The summed E-state index contributed by atoms with van der Waals surface area (Å²) in [6, 6.07) is 14.6. The van der Waals surface area contributed by atoms with Crippen LogP contribution in [0.15, 0.2) is 54.6 Å². The second-order valence-electron chi connectivity index (χ2n) is 6.91. The highest BCUT2D eigenvalue weighted by atomic mass is 32.2. The molecule has 0 bridgehead atoms. The van der Waals surface area contributed by atoms with Crippen molar-refractivity contribution in [3.05, 3.63) is 65.7 Å². The lowest BCUT2D eigenvalue weighted by atomic mass is 10.2. The summed E-state index contributed by atoms with van der Waals surface area (Å²) in [7, 11) is -3.40. The quantitative estimate of drug-likeness (QED) is 0.701. The summed E-state index contributed by atoms with van der Waals surface area (Å²) < 4.78 is 37.3. The lowest BCUT2D eigenvalue weighted by Gasteiger charge is -2.33. The van der Waals surface area contributed by atoms with Gasteiger partial charge in [0.15, 0.2) is 11.5 Å². The molecular formula is C21H22N2O5S. The minimum atomic E-state index is -3.40. The van der Waals surface area contributed by atoms with Crippen molar-refractivity contribution < 1.29 is 22.7 Å². The van der Waals surface area contributed by atoms with Gasteiger partial charge >= 0.3 is 0 Å². The standard InChI is InChI=1S/C21H22N2O5S/c24-21(9-7-17-6-8-19-20(14-17)28-16-27-19)22-10-12-23(13-11-22)29(25,26)15-18-4-2-1-3-5-18/h1-9,14H,10-13,15-16H2. The molecule has 2 aliphatic heterocycles. The fourth-order valence-electron chi connectivity index (χ4n) is 3.35. The van der Waals surface area contributed by atoms with Crippen LogP contribution >= 0.6 is 0 Å². The number of fused-ring (bicyclic) bond motifs is 1. The van der Waals surface area contributed by atoms with Gasteiger partial charge in [-0.3, -0.25) is 4.79 Å². The van der Waals surface area contributed by atoms with Crippen molar-refractivity contribution in [2.24, 2.45) is 0 Å². The summed E-state index contributed by atoms with van der Waals surface area (Å²) in [5.74, 6) is 1.20. The van der Waals surface area contributed by atoms with Crippen molar-refractivity contribution in [2.45, 2.75) is 5.75 Å². The van der Waals surface area contributed by atoms with Gasteiger partial charge in [-0.2, -0.15) is 4.31 Å². The molecule has 0 spiro atoms. The van der Waals surface area contributed by atoms with Crippen LogP contribution in [0.4, 0.5) is 0 Å². The third-order valence-corrected chi connectivity index (χ3v) is 6.80. The monoisotopic (exact) mass is 414 g/mol. The SMILES string of the molecule is O=C(C=Cc1ccc2c(c1)OCO2)N1CCN(S(=O)(=O)Cc2ccccc2)CC1. The molecule has 0 saturated carbocycles. The number of hydrogen-bond acceptors (Lipinski definition) is 5. The summed E-state index contributed by atoms with van der Waals surface area (Å²) in [6.45, 7) is 1.56. The third kappa shape index (κ3) is 4.60. The maximum atomic E-state index is 12.6. The molecule has 1 fully saturated rings. The Labute approximate surface area is 170 Å². The first-order valence-corrected chi connectivity index (χ1v) is 11.0. The number of sulfonamides is 1. The zero-order chi connectivity index (χ0) is 20.3. The summed E-state index contributed by atoms with van der Waals surface area (Å²) in [5, 5.41) is 0. The molecule has 0 aliphatic carbocycles. The van der Waals surface area contributed by atoms with E-state index in [9.17, 15) is 13.2 Å². The highest BCUT2D eigenvalue weighted by Crippen LogP contribution is 2.32. The van der Waals surface area contributed by atoms with Gasteiger partial charge in [0.1, 0.15) is 0 Å². The Hall–Kier alpha value is -2.84. The maximum Gasteiger partial charge on any atom is 0.246 e. The molecule has 2 aromatic rings. The number of benzene rings is 2. The first-order valence-electron chi connectivity index (χ1n) is 9.40. The fraction of sp³-hybridized carbons (Fsp3) is 0.286. The van der Waals surface area contributed by atoms with Crippen molar-refractivity contribution in [1.29, 1.82) is 0 Å². The minimum absolute atomic E-state index is 0.0220. The molecule has 0 atom stereocenters. The van der Waals surface area contributed by atoms with Gasteiger partial charge in [0.2, 0.25) is 22.7 Å².